The van der Waals surface area contributed by atoms with Gasteiger partial charge in [-0.05, 0) is 32.1 Å². The lowest BCUT2D eigenvalue weighted by atomic mass is 9.98. The summed E-state index contributed by atoms with van der Waals surface area (Å²) in [7, 11) is 0. The van der Waals surface area contributed by atoms with Gasteiger partial charge >= 0.3 is 0 Å². The van der Waals surface area contributed by atoms with Crippen LogP contribution in [-0.2, 0) is 9.53 Å². The van der Waals surface area contributed by atoms with Crippen LogP contribution in [0.15, 0.2) is 0 Å². The second-order valence-electron chi connectivity index (χ2n) is 4.61. The Morgan fingerprint density at radius 2 is 2.25 bits per heavy atom. The molecule has 1 amide bonds. The van der Waals surface area contributed by atoms with Crippen molar-refractivity contribution in [3.63, 3.8) is 0 Å². The number of likely N-dealkylation sites (tertiary alicyclic amines) is 1. The maximum atomic E-state index is 11.9. The van der Waals surface area contributed by atoms with Crippen molar-refractivity contribution in [1.29, 1.82) is 0 Å². The Balaban J connectivity index is 2.28. The van der Waals surface area contributed by atoms with Gasteiger partial charge in [-0.3, -0.25) is 4.79 Å². The number of piperidine rings is 1. The first-order chi connectivity index (χ1) is 7.77. The standard InChI is InChI=1S/C13H25NO2/c1-3-5-8-13(15)14-9-6-7-12(10-14)11-16-4-2/h12H,3-11H2,1-2H3/t12-/m1/s1. The molecule has 1 saturated heterocycles. The lowest BCUT2D eigenvalue weighted by Crippen LogP contribution is -2.41. The molecule has 0 aromatic carbocycles. The molecule has 3 nitrogen and oxygen atoms in total. The zero-order chi connectivity index (χ0) is 11.8. The molecule has 1 atom stereocenters. The predicted octanol–water partition coefficient (Wildman–Crippen LogP) is 2.45. The summed E-state index contributed by atoms with van der Waals surface area (Å²) in [6, 6.07) is 0. The third-order valence-electron chi connectivity index (χ3n) is 3.17. The molecule has 1 aliphatic rings. The van der Waals surface area contributed by atoms with Crippen molar-refractivity contribution in [3.05, 3.63) is 0 Å². The third-order valence-corrected chi connectivity index (χ3v) is 3.17. The minimum absolute atomic E-state index is 0.336. The molecule has 16 heavy (non-hydrogen) atoms. The van der Waals surface area contributed by atoms with Crippen LogP contribution in [0.4, 0.5) is 0 Å². The molecule has 0 saturated carbocycles. The van der Waals surface area contributed by atoms with Crippen LogP contribution in [-0.4, -0.2) is 37.1 Å². The van der Waals surface area contributed by atoms with Crippen molar-refractivity contribution in [2.45, 2.75) is 46.0 Å². The minimum atomic E-state index is 0.336. The van der Waals surface area contributed by atoms with Crippen LogP contribution < -0.4 is 0 Å². The van der Waals surface area contributed by atoms with Gasteiger partial charge in [-0.2, -0.15) is 0 Å². The summed E-state index contributed by atoms with van der Waals surface area (Å²) in [6.45, 7) is 7.59. The lowest BCUT2D eigenvalue weighted by Gasteiger charge is -2.32. The van der Waals surface area contributed by atoms with Gasteiger partial charge in [0.2, 0.25) is 5.91 Å². The Hall–Kier alpha value is -0.570. The number of ether oxygens (including phenoxy) is 1. The Morgan fingerprint density at radius 1 is 1.44 bits per heavy atom. The number of unbranched alkanes of at least 4 members (excludes halogenated alkanes) is 1. The van der Waals surface area contributed by atoms with E-state index in [4.69, 9.17) is 4.74 Å². The summed E-state index contributed by atoms with van der Waals surface area (Å²) < 4.78 is 5.44. The van der Waals surface area contributed by atoms with Gasteiger partial charge in [-0.1, -0.05) is 13.3 Å². The van der Waals surface area contributed by atoms with Crippen molar-refractivity contribution >= 4 is 5.91 Å². The van der Waals surface area contributed by atoms with Gasteiger partial charge in [0.15, 0.2) is 0 Å². The Labute approximate surface area is 99.1 Å². The number of amides is 1. The average Bonchev–Trinajstić information content (AvgIpc) is 2.33. The topological polar surface area (TPSA) is 29.5 Å². The zero-order valence-electron chi connectivity index (χ0n) is 10.7. The second kappa shape index (κ2) is 7.66. The minimum Gasteiger partial charge on any atom is -0.381 e. The Kier molecular flexibility index (Phi) is 6.46. The second-order valence-corrected chi connectivity index (χ2v) is 4.61. The van der Waals surface area contributed by atoms with Gasteiger partial charge in [0.05, 0.1) is 6.61 Å². The van der Waals surface area contributed by atoms with E-state index in [1.165, 1.54) is 6.42 Å². The Bertz CT molecular complexity index is 206. The molecule has 0 aromatic heterocycles. The number of hydrogen-bond acceptors (Lipinski definition) is 2. The molecule has 1 fully saturated rings. The highest BCUT2D eigenvalue weighted by molar-refractivity contribution is 5.76. The molecule has 0 aromatic rings. The van der Waals surface area contributed by atoms with E-state index in [0.29, 0.717) is 11.8 Å². The maximum Gasteiger partial charge on any atom is 0.222 e. The van der Waals surface area contributed by atoms with Crippen LogP contribution in [0, 0.1) is 5.92 Å². The first-order valence-electron chi connectivity index (χ1n) is 6.63. The highest BCUT2D eigenvalue weighted by Gasteiger charge is 2.22. The van der Waals surface area contributed by atoms with Crippen LogP contribution in [0.1, 0.15) is 46.0 Å². The molecule has 3 heteroatoms. The lowest BCUT2D eigenvalue weighted by molar-refractivity contribution is -0.133. The summed E-state index contributed by atoms with van der Waals surface area (Å²) in [5, 5.41) is 0. The van der Waals surface area contributed by atoms with Crippen LogP contribution >= 0.6 is 0 Å². The van der Waals surface area contributed by atoms with Crippen molar-refractivity contribution < 1.29 is 9.53 Å². The molecule has 0 aliphatic carbocycles. The van der Waals surface area contributed by atoms with Crippen LogP contribution in [0.5, 0.6) is 0 Å². The van der Waals surface area contributed by atoms with E-state index >= 15 is 0 Å². The summed E-state index contributed by atoms with van der Waals surface area (Å²) >= 11 is 0. The molecule has 0 bridgehead atoms. The average molecular weight is 227 g/mol. The van der Waals surface area contributed by atoms with Gasteiger partial charge in [0.25, 0.3) is 0 Å². The van der Waals surface area contributed by atoms with Gasteiger partial charge in [-0.15, -0.1) is 0 Å². The summed E-state index contributed by atoms with van der Waals surface area (Å²) in [4.78, 5) is 13.9. The van der Waals surface area contributed by atoms with Crippen LogP contribution in [0.2, 0.25) is 0 Å². The molecule has 94 valence electrons. The molecule has 0 spiro atoms. The normalized spacial score (nSPS) is 21.1. The smallest absolute Gasteiger partial charge is 0.222 e. The molecule has 0 N–H and O–H groups in total. The van der Waals surface area contributed by atoms with E-state index in [2.05, 4.69) is 6.92 Å². The highest BCUT2D eigenvalue weighted by Crippen LogP contribution is 2.18. The molecule has 1 aliphatic heterocycles. The predicted molar refractivity (Wildman–Crippen MR) is 65.3 cm³/mol. The van der Waals surface area contributed by atoms with Crippen LogP contribution in [0.25, 0.3) is 0 Å². The number of hydrogen-bond donors (Lipinski definition) is 0. The zero-order valence-corrected chi connectivity index (χ0v) is 10.7. The van der Waals surface area contributed by atoms with E-state index < -0.39 is 0 Å². The summed E-state index contributed by atoms with van der Waals surface area (Å²) in [5.41, 5.74) is 0. The quantitative estimate of drug-likeness (QED) is 0.697. The number of carbonyl (C=O) groups excluding carboxylic acids is 1. The third kappa shape index (κ3) is 4.52. The van der Waals surface area contributed by atoms with Crippen LogP contribution in [0.3, 0.4) is 0 Å². The molecular formula is C13H25NO2. The number of carbonyl (C=O) groups is 1. The highest BCUT2D eigenvalue weighted by atomic mass is 16.5. The summed E-state index contributed by atoms with van der Waals surface area (Å²) in [6.07, 6.45) is 5.18. The number of nitrogens with zero attached hydrogens (tertiary/aromatic N) is 1. The molecule has 0 unspecified atom stereocenters. The molecule has 1 rings (SSSR count). The van der Waals surface area contributed by atoms with E-state index in [1.807, 2.05) is 11.8 Å². The SMILES string of the molecule is CCCCC(=O)N1CCC[C@@H](COCC)C1. The van der Waals surface area contributed by atoms with E-state index in [9.17, 15) is 4.79 Å². The molecule has 1 heterocycles. The van der Waals surface area contributed by atoms with Gasteiger partial charge < -0.3 is 9.64 Å². The van der Waals surface area contributed by atoms with Gasteiger partial charge in [0.1, 0.15) is 0 Å². The van der Waals surface area contributed by atoms with E-state index in [1.54, 1.807) is 0 Å². The fourth-order valence-electron chi connectivity index (χ4n) is 2.20. The van der Waals surface area contributed by atoms with E-state index in [-0.39, 0.29) is 0 Å². The largest absolute Gasteiger partial charge is 0.381 e. The van der Waals surface area contributed by atoms with Crippen molar-refractivity contribution in [2.24, 2.45) is 5.92 Å². The number of rotatable bonds is 6. The van der Waals surface area contributed by atoms with Crippen molar-refractivity contribution in [1.82, 2.24) is 4.90 Å². The first kappa shape index (κ1) is 13.5. The molecular weight excluding hydrogens is 202 g/mol. The first-order valence-corrected chi connectivity index (χ1v) is 6.63. The Morgan fingerprint density at radius 3 is 2.94 bits per heavy atom. The van der Waals surface area contributed by atoms with Crippen molar-refractivity contribution in [2.75, 3.05) is 26.3 Å². The van der Waals surface area contributed by atoms with Crippen molar-refractivity contribution in [3.8, 4) is 0 Å². The molecule has 0 radical (unpaired) electrons. The van der Waals surface area contributed by atoms with Gasteiger partial charge in [-0.25, -0.2) is 0 Å². The van der Waals surface area contributed by atoms with E-state index in [0.717, 1.165) is 52.0 Å². The summed E-state index contributed by atoms with van der Waals surface area (Å²) in [5.74, 6) is 0.891. The fraction of sp³-hybridized carbons (Fsp3) is 0.923. The monoisotopic (exact) mass is 227 g/mol. The van der Waals surface area contributed by atoms with Gasteiger partial charge in [0, 0.05) is 26.1 Å². The fourth-order valence-corrected chi connectivity index (χ4v) is 2.20. The maximum absolute atomic E-state index is 11.9.